The van der Waals surface area contributed by atoms with Crippen molar-refractivity contribution < 1.29 is 18.0 Å². The first-order valence-electron chi connectivity index (χ1n) is 6.93. The van der Waals surface area contributed by atoms with Gasteiger partial charge < -0.3 is 10.6 Å². The Bertz CT molecular complexity index is 481. The average Bonchev–Trinajstić information content (AvgIpc) is 2.47. The van der Waals surface area contributed by atoms with Crippen LogP contribution >= 0.6 is 0 Å². The molecule has 2 atom stereocenters. The zero-order chi connectivity index (χ0) is 15.5. The highest BCUT2D eigenvalue weighted by Gasteiger charge is 2.31. The summed E-state index contributed by atoms with van der Waals surface area (Å²) in [4.78, 5) is 15.6. The van der Waals surface area contributed by atoms with Crippen LogP contribution in [-0.4, -0.2) is 30.0 Å². The lowest BCUT2D eigenvalue weighted by molar-refractivity contribution is -0.137. The largest absolute Gasteiger partial charge is 0.417 e. The smallest absolute Gasteiger partial charge is 0.348 e. The third-order valence-electron chi connectivity index (χ3n) is 3.72. The number of carbonyl (C=O) groups excluding carboxylic acids is 1. The molecule has 0 spiro atoms. The number of nitrogens with zero attached hydrogens (tertiary/aromatic N) is 1. The standard InChI is InChI=1S/C14H18F3N3O/c1-9(10-3-2-6-18-7-10)20-13(21)12-5-4-11(8-19-12)14(15,16)17/h4-5,8-10,18H,2-3,6-7H2,1H3,(H,20,21). The second-order valence-corrected chi connectivity index (χ2v) is 5.30. The summed E-state index contributed by atoms with van der Waals surface area (Å²) in [6.07, 6.45) is -1.68. The van der Waals surface area contributed by atoms with E-state index in [-0.39, 0.29) is 11.7 Å². The molecule has 2 N–H and O–H groups in total. The van der Waals surface area contributed by atoms with E-state index in [1.807, 2.05) is 6.92 Å². The molecule has 7 heteroatoms. The van der Waals surface area contributed by atoms with Crippen LogP contribution in [-0.2, 0) is 6.18 Å². The van der Waals surface area contributed by atoms with Crippen LogP contribution in [0.4, 0.5) is 13.2 Å². The number of carbonyl (C=O) groups is 1. The summed E-state index contributed by atoms with van der Waals surface area (Å²) in [5.74, 6) is -0.112. The van der Waals surface area contributed by atoms with E-state index >= 15 is 0 Å². The molecule has 1 aromatic rings. The predicted molar refractivity (Wildman–Crippen MR) is 71.8 cm³/mol. The van der Waals surface area contributed by atoms with Crippen molar-refractivity contribution in [3.63, 3.8) is 0 Å². The highest BCUT2D eigenvalue weighted by atomic mass is 19.4. The van der Waals surface area contributed by atoms with Crippen molar-refractivity contribution >= 4 is 5.91 Å². The Morgan fingerprint density at radius 3 is 2.76 bits per heavy atom. The Hall–Kier alpha value is -1.63. The summed E-state index contributed by atoms with van der Waals surface area (Å²) in [5, 5.41) is 6.06. The molecule has 2 unspecified atom stereocenters. The van der Waals surface area contributed by atoms with Crippen LogP contribution in [0.5, 0.6) is 0 Å². The number of nitrogens with one attached hydrogen (secondary N) is 2. The van der Waals surface area contributed by atoms with Crippen molar-refractivity contribution in [2.45, 2.75) is 32.0 Å². The van der Waals surface area contributed by atoms with Gasteiger partial charge in [-0.25, -0.2) is 0 Å². The van der Waals surface area contributed by atoms with Crippen LogP contribution in [0.2, 0.25) is 0 Å². The van der Waals surface area contributed by atoms with Crippen molar-refractivity contribution in [1.82, 2.24) is 15.6 Å². The predicted octanol–water partition coefficient (Wildman–Crippen LogP) is 2.22. The molecule has 116 valence electrons. The number of amides is 1. The van der Waals surface area contributed by atoms with Gasteiger partial charge in [0.25, 0.3) is 5.91 Å². The molecule has 1 amide bonds. The highest BCUT2D eigenvalue weighted by Crippen LogP contribution is 2.28. The van der Waals surface area contributed by atoms with Gasteiger partial charge >= 0.3 is 6.18 Å². The summed E-state index contributed by atoms with van der Waals surface area (Å²) in [7, 11) is 0. The van der Waals surface area contributed by atoms with Crippen LogP contribution in [0.25, 0.3) is 0 Å². The lowest BCUT2D eigenvalue weighted by Gasteiger charge is -2.28. The van der Waals surface area contributed by atoms with Crippen molar-refractivity contribution in [2.75, 3.05) is 13.1 Å². The molecular weight excluding hydrogens is 283 g/mol. The number of pyridine rings is 1. The Kier molecular flexibility index (Phi) is 4.82. The van der Waals surface area contributed by atoms with Gasteiger partial charge in [-0.15, -0.1) is 0 Å². The first-order chi connectivity index (χ1) is 9.88. The Morgan fingerprint density at radius 2 is 2.24 bits per heavy atom. The van der Waals surface area contributed by atoms with Crippen molar-refractivity contribution in [1.29, 1.82) is 0 Å². The van der Waals surface area contributed by atoms with Crippen molar-refractivity contribution in [3.05, 3.63) is 29.6 Å². The molecule has 0 aromatic carbocycles. The minimum Gasteiger partial charge on any atom is -0.348 e. The van der Waals surface area contributed by atoms with E-state index in [1.54, 1.807) is 0 Å². The third kappa shape index (κ3) is 4.17. The summed E-state index contributed by atoms with van der Waals surface area (Å²) < 4.78 is 37.3. The van der Waals surface area contributed by atoms with Gasteiger partial charge in [0.15, 0.2) is 0 Å². The molecule has 2 heterocycles. The molecule has 1 aliphatic heterocycles. The summed E-state index contributed by atoms with van der Waals surface area (Å²) >= 11 is 0. The lowest BCUT2D eigenvalue weighted by atomic mass is 9.93. The number of piperidine rings is 1. The zero-order valence-electron chi connectivity index (χ0n) is 11.7. The van der Waals surface area contributed by atoms with Crippen LogP contribution in [0.1, 0.15) is 35.8 Å². The maximum absolute atomic E-state index is 12.4. The van der Waals surface area contributed by atoms with Gasteiger partial charge in [-0.3, -0.25) is 9.78 Å². The topological polar surface area (TPSA) is 54.0 Å². The Morgan fingerprint density at radius 1 is 1.48 bits per heavy atom. The fourth-order valence-electron chi connectivity index (χ4n) is 2.40. The third-order valence-corrected chi connectivity index (χ3v) is 3.72. The van der Waals surface area contributed by atoms with Crippen LogP contribution in [0.15, 0.2) is 18.3 Å². The van der Waals surface area contributed by atoms with Gasteiger partial charge in [-0.05, 0) is 50.9 Å². The van der Waals surface area contributed by atoms with E-state index in [0.717, 1.165) is 38.1 Å². The van der Waals surface area contributed by atoms with Crippen molar-refractivity contribution in [2.24, 2.45) is 5.92 Å². The molecule has 1 aliphatic rings. The maximum Gasteiger partial charge on any atom is 0.417 e. The van der Waals surface area contributed by atoms with E-state index in [9.17, 15) is 18.0 Å². The SMILES string of the molecule is CC(NC(=O)c1ccc(C(F)(F)F)cn1)C1CCCNC1. The number of rotatable bonds is 3. The van der Waals surface area contributed by atoms with E-state index in [0.29, 0.717) is 12.1 Å². The minimum atomic E-state index is -4.44. The first kappa shape index (κ1) is 15.8. The highest BCUT2D eigenvalue weighted by molar-refractivity contribution is 5.92. The lowest BCUT2D eigenvalue weighted by Crippen LogP contribution is -2.44. The van der Waals surface area contributed by atoms with E-state index in [2.05, 4.69) is 15.6 Å². The number of hydrogen-bond acceptors (Lipinski definition) is 3. The van der Waals surface area contributed by atoms with Gasteiger partial charge in [-0.2, -0.15) is 13.2 Å². The zero-order valence-corrected chi connectivity index (χ0v) is 11.7. The second-order valence-electron chi connectivity index (χ2n) is 5.30. The average molecular weight is 301 g/mol. The molecule has 0 aliphatic carbocycles. The summed E-state index contributed by atoms with van der Waals surface area (Å²) in [5.41, 5.74) is -0.859. The second kappa shape index (κ2) is 6.43. The summed E-state index contributed by atoms with van der Waals surface area (Å²) in [6, 6.07) is 1.92. The molecule has 4 nitrogen and oxygen atoms in total. The van der Waals surface area contributed by atoms with Gasteiger partial charge in [0, 0.05) is 12.2 Å². The number of halogens is 3. The molecule has 0 bridgehead atoms. The molecule has 21 heavy (non-hydrogen) atoms. The number of alkyl halides is 3. The van der Waals surface area contributed by atoms with Gasteiger partial charge in [0.1, 0.15) is 5.69 Å². The summed E-state index contributed by atoms with van der Waals surface area (Å²) in [6.45, 7) is 3.72. The molecule has 1 fully saturated rings. The molecular formula is C14H18F3N3O. The van der Waals surface area contributed by atoms with E-state index < -0.39 is 17.6 Å². The van der Waals surface area contributed by atoms with Crippen LogP contribution in [0.3, 0.4) is 0 Å². The van der Waals surface area contributed by atoms with Crippen molar-refractivity contribution in [3.8, 4) is 0 Å². The molecule has 0 radical (unpaired) electrons. The van der Waals surface area contributed by atoms with Crippen LogP contribution in [0, 0.1) is 5.92 Å². The quantitative estimate of drug-likeness (QED) is 0.900. The van der Waals surface area contributed by atoms with Crippen LogP contribution < -0.4 is 10.6 Å². The van der Waals surface area contributed by atoms with E-state index in [4.69, 9.17) is 0 Å². The Balaban J connectivity index is 1.96. The molecule has 2 rings (SSSR count). The monoisotopic (exact) mass is 301 g/mol. The fourth-order valence-corrected chi connectivity index (χ4v) is 2.40. The normalized spacial score (nSPS) is 20.9. The molecule has 0 saturated carbocycles. The molecule has 1 aromatic heterocycles. The van der Waals surface area contributed by atoms with Gasteiger partial charge in [-0.1, -0.05) is 0 Å². The van der Waals surface area contributed by atoms with Gasteiger partial charge in [0.2, 0.25) is 0 Å². The number of aromatic nitrogens is 1. The minimum absolute atomic E-state index is 0.00128. The molecule has 1 saturated heterocycles. The first-order valence-corrected chi connectivity index (χ1v) is 6.93. The van der Waals surface area contributed by atoms with Gasteiger partial charge in [0.05, 0.1) is 5.56 Å². The van der Waals surface area contributed by atoms with E-state index in [1.165, 1.54) is 0 Å². The number of hydrogen-bond donors (Lipinski definition) is 2. The fraction of sp³-hybridized carbons (Fsp3) is 0.571. The maximum atomic E-state index is 12.4. The Labute approximate surface area is 121 Å².